The molecule has 390 valence electrons. The number of rotatable bonds is 7. The summed E-state index contributed by atoms with van der Waals surface area (Å²) in [6.07, 6.45) is 0. The van der Waals surface area contributed by atoms with Gasteiger partial charge in [0.2, 0.25) is 0 Å². The highest BCUT2D eigenvalue weighted by atomic mass is 15.2. The van der Waals surface area contributed by atoms with Gasteiger partial charge in [0, 0.05) is 77.8 Å². The van der Waals surface area contributed by atoms with Gasteiger partial charge in [0.1, 0.15) is 0 Å². The Hall–Kier alpha value is -11.1. The molecule has 0 saturated heterocycles. The second-order valence-electron chi connectivity index (χ2n) is 22.4. The van der Waals surface area contributed by atoms with Crippen LogP contribution in [0.1, 0.15) is 0 Å². The molecule has 0 N–H and O–H groups in total. The van der Waals surface area contributed by atoms with Crippen LogP contribution in [0, 0.1) is 0 Å². The molecule has 0 unspecified atom stereocenters. The average Bonchev–Trinajstić information content (AvgIpc) is 2.86. The molecule has 18 rings (SSSR count). The van der Waals surface area contributed by atoms with E-state index in [1.165, 1.54) is 93.0 Å². The molecule has 6 heteroatoms. The van der Waals surface area contributed by atoms with Gasteiger partial charge in [0.15, 0.2) is 0 Å². The number of anilines is 6. The SMILES string of the molecule is c1ccc(-c2ccc3c(c2)N(c2ccc(-n4c5ccccc5c5ccccc54)cc2)c2cc(-n4c5ccccc5c5ccccc54)cc4c2B3c2ccc(-c3ccccc3)cc2N4c2ccc(-n3c4ccccc4c4ccccc43)cc2)cc1. The number of fused-ring (bicyclic) bond motifs is 13. The monoisotopic (exact) mass is 1070 g/mol. The molecule has 0 aliphatic carbocycles. The molecule has 13 aromatic carbocycles. The second kappa shape index (κ2) is 18.2. The normalized spacial score (nSPS) is 12.7. The van der Waals surface area contributed by atoms with Gasteiger partial charge in [-0.05, 0) is 148 Å². The number of aromatic nitrogens is 3. The highest BCUT2D eigenvalue weighted by molar-refractivity contribution is 7.00. The molecule has 0 fully saturated rings. The van der Waals surface area contributed by atoms with Crippen molar-refractivity contribution in [3.05, 3.63) is 303 Å². The van der Waals surface area contributed by atoms with E-state index in [0.717, 1.165) is 62.2 Å². The number of nitrogens with zero attached hydrogens (tertiary/aromatic N) is 5. The first kappa shape index (κ1) is 46.7. The van der Waals surface area contributed by atoms with Crippen LogP contribution in [0.5, 0.6) is 0 Å². The molecule has 5 nitrogen and oxygen atoms in total. The number of benzene rings is 13. The van der Waals surface area contributed by atoms with Gasteiger partial charge in [-0.15, -0.1) is 0 Å². The lowest BCUT2D eigenvalue weighted by Crippen LogP contribution is -2.61. The summed E-state index contributed by atoms with van der Waals surface area (Å²) in [4.78, 5) is 5.13. The zero-order chi connectivity index (χ0) is 55.0. The van der Waals surface area contributed by atoms with E-state index >= 15 is 0 Å². The molecule has 0 bridgehead atoms. The van der Waals surface area contributed by atoms with Gasteiger partial charge in [0.25, 0.3) is 6.71 Å². The molecule has 0 spiro atoms. The smallest absolute Gasteiger partial charge is 0.252 e. The highest BCUT2D eigenvalue weighted by Crippen LogP contribution is 2.48. The molecule has 16 aromatic rings. The van der Waals surface area contributed by atoms with E-state index in [1.807, 2.05) is 0 Å². The molecule has 0 saturated carbocycles. The second-order valence-corrected chi connectivity index (χ2v) is 22.4. The van der Waals surface area contributed by atoms with Crippen molar-refractivity contribution < 1.29 is 0 Å². The van der Waals surface area contributed by atoms with Gasteiger partial charge in [0.05, 0.1) is 38.8 Å². The minimum Gasteiger partial charge on any atom is -0.311 e. The summed E-state index contributed by atoms with van der Waals surface area (Å²) in [7, 11) is 0. The molecule has 84 heavy (non-hydrogen) atoms. The summed E-state index contributed by atoms with van der Waals surface area (Å²) in [6.45, 7) is -0.108. The van der Waals surface area contributed by atoms with Crippen molar-refractivity contribution >= 4 is 123 Å². The molecular formula is C78H50BN5. The van der Waals surface area contributed by atoms with Crippen molar-refractivity contribution in [3.63, 3.8) is 0 Å². The molecule has 3 aromatic heterocycles. The van der Waals surface area contributed by atoms with Crippen molar-refractivity contribution in [1.82, 2.24) is 13.7 Å². The molecule has 5 heterocycles. The largest absolute Gasteiger partial charge is 0.311 e. The summed E-state index contributed by atoms with van der Waals surface area (Å²) in [6, 6.07) is 113. The van der Waals surface area contributed by atoms with E-state index in [2.05, 4.69) is 327 Å². The van der Waals surface area contributed by atoms with E-state index in [4.69, 9.17) is 0 Å². The van der Waals surface area contributed by atoms with Crippen molar-refractivity contribution in [2.24, 2.45) is 0 Å². The maximum absolute atomic E-state index is 2.57. The Labute approximate surface area is 486 Å². The first-order valence-corrected chi connectivity index (χ1v) is 29.0. The quantitative estimate of drug-likeness (QED) is 0.148. The third kappa shape index (κ3) is 6.85. The standard InChI is InChI=1S/C78H50BN5/c1-3-19-51(20-4-1)53-35-45-66-74(47-53)82(57-41-37-55(38-42-57)80-68-29-13-7-23-60(68)61-24-8-14-30-69(61)80)76-49-59(84-72-33-17-11-27-64(72)65-28-12-18-34-73(65)84)50-77-78(76)79(66)67-46-36-54(52-21-5-2-6-22-52)48-75(67)83(77)58-43-39-56(40-44-58)81-70-31-15-9-25-62(70)63-26-10-16-32-71(63)81/h1-50H. The average molecular weight is 1070 g/mol. The maximum Gasteiger partial charge on any atom is 0.252 e. The zero-order valence-electron chi connectivity index (χ0n) is 45.7. The molecule has 0 atom stereocenters. The first-order valence-electron chi connectivity index (χ1n) is 29.0. The summed E-state index contributed by atoms with van der Waals surface area (Å²) >= 11 is 0. The Bertz CT molecular complexity index is 4890. The lowest BCUT2D eigenvalue weighted by molar-refractivity contribution is 1.15. The van der Waals surface area contributed by atoms with Crippen molar-refractivity contribution in [2.45, 2.75) is 0 Å². The van der Waals surface area contributed by atoms with Gasteiger partial charge >= 0.3 is 0 Å². The number of para-hydroxylation sites is 6. The first-order chi connectivity index (χ1) is 41.7. The van der Waals surface area contributed by atoms with Gasteiger partial charge in [-0.3, -0.25) is 0 Å². The van der Waals surface area contributed by atoms with Crippen molar-refractivity contribution in [3.8, 4) is 39.3 Å². The number of hydrogen-bond donors (Lipinski definition) is 0. The molecule has 2 aliphatic rings. The zero-order valence-corrected chi connectivity index (χ0v) is 45.7. The Morgan fingerprint density at radius 1 is 0.202 bits per heavy atom. The van der Waals surface area contributed by atoms with Gasteiger partial charge in [-0.25, -0.2) is 0 Å². The highest BCUT2D eigenvalue weighted by Gasteiger charge is 2.44. The topological polar surface area (TPSA) is 21.3 Å². The van der Waals surface area contributed by atoms with Crippen LogP contribution in [-0.4, -0.2) is 20.4 Å². The Morgan fingerprint density at radius 2 is 0.488 bits per heavy atom. The molecule has 2 aliphatic heterocycles. The summed E-state index contributed by atoms with van der Waals surface area (Å²) in [5, 5.41) is 7.44. The van der Waals surface area contributed by atoms with Crippen LogP contribution in [0.4, 0.5) is 34.1 Å². The molecule has 0 amide bonds. The number of hydrogen-bond acceptors (Lipinski definition) is 2. The van der Waals surface area contributed by atoms with Crippen LogP contribution in [0.2, 0.25) is 0 Å². The van der Waals surface area contributed by atoms with E-state index in [-0.39, 0.29) is 6.71 Å². The third-order valence-electron chi connectivity index (χ3n) is 18.0. The van der Waals surface area contributed by atoms with E-state index in [9.17, 15) is 0 Å². The Kier molecular flexibility index (Phi) is 10.1. The predicted molar refractivity (Wildman–Crippen MR) is 354 cm³/mol. The summed E-state index contributed by atoms with van der Waals surface area (Å²) in [5.41, 5.74) is 25.6. The maximum atomic E-state index is 2.57. The van der Waals surface area contributed by atoms with Gasteiger partial charge in [-0.2, -0.15) is 0 Å². The van der Waals surface area contributed by atoms with E-state index < -0.39 is 0 Å². The Morgan fingerprint density at radius 3 is 0.821 bits per heavy atom. The summed E-state index contributed by atoms with van der Waals surface area (Å²) < 4.78 is 7.32. The van der Waals surface area contributed by atoms with Crippen molar-refractivity contribution in [2.75, 3.05) is 9.80 Å². The Balaban J connectivity index is 0.925. The van der Waals surface area contributed by atoms with Gasteiger partial charge < -0.3 is 23.5 Å². The molecular weight excluding hydrogens is 1020 g/mol. The van der Waals surface area contributed by atoms with Crippen LogP contribution in [0.25, 0.3) is 105 Å². The van der Waals surface area contributed by atoms with Crippen molar-refractivity contribution in [1.29, 1.82) is 0 Å². The lowest BCUT2D eigenvalue weighted by atomic mass is 9.33. The fraction of sp³-hybridized carbons (Fsp3) is 0. The minimum absolute atomic E-state index is 0.108. The fourth-order valence-corrected chi connectivity index (χ4v) is 14.4. The lowest BCUT2D eigenvalue weighted by Gasteiger charge is -2.44. The predicted octanol–water partition coefficient (Wildman–Crippen LogP) is 18.4. The third-order valence-corrected chi connectivity index (χ3v) is 18.0. The van der Waals surface area contributed by atoms with Gasteiger partial charge in [-0.1, -0.05) is 194 Å². The minimum atomic E-state index is -0.108. The molecule has 0 radical (unpaired) electrons. The fourth-order valence-electron chi connectivity index (χ4n) is 14.4. The van der Waals surface area contributed by atoms with Crippen LogP contribution in [-0.2, 0) is 0 Å². The van der Waals surface area contributed by atoms with E-state index in [0.29, 0.717) is 0 Å². The van der Waals surface area contributed by atoms with Crippen LogP contribution < -0.4 is 26.2 Å². The summed E-state index contributed by atoms with van der Waals surface area (Å²) in [5.74, 6) is 0. The van der Waals surface area contributed by atoms with Crippen LogP contribution in [0.15, 0.2) is 303 Å². The van der Waals surface area contributed by atoms with E-state index in [1.54, 1.807) is 0 Å². The van der Waals surface area contributed by atoms with Crippen LogP contribution in [0.3, 0.4) is 0 Å². The van der Waals surface area contributed by atoms with Crippen LogP contribution >= 0.6 is 0 Å².